The summed E-state index contributed by atoms with van der Waals surface area (Å²) in [6, 6.07) is 2.56. The van der Waals surface area contributed by atoms with Crippen molar-refractivity contribution in [2.45, 2.75) is 50.8 Å². The minimum atomic E-state index is 0.551. The predicted octanol–water partition coefficient (Wildman–Crippen LogP) is 3.30. The molecule has 2 atom stereocenters. The fourth-order valence-electron chi connectivity index (χ4n) is 2.61. The summed E-state index contributed by atoms with van der Waals surface area (Å²) >= 11 is 1.99. The molecule has 0 aliphatic heterocycles. The summed E-state index contributed by atoms with van der Waals surface area (Å²) in [7, 11) is 0. The first-order chi connectivity index (χ1) is 9.21. The standard InChI is InChI=1S/C14H24N4S/c1-4-15-13-9-14(17-10(2)16-13)18-11-6-5-7-12(8-11)19-3/h9,11-12H,4-8H2,1-3H3,(H2,15,16,17,18). The molecule has 4 nitrogen and oxygen atoms in total. The Hall–Kier alpha value is -0.970. The summed E-state index contributed by atoms with van der Waals surface area (Å²) < 4.78 is 0. The van der Waals surface area contributed by atoms with Crippen molar-refractivity contribution in [1.29, 1.82) is 0 Å². The molecule has 1 aromatic rings. The van der Waals surface area contributed by atoms with E-state index in [1.807, 2.05) is 24.8 Å². The van der Waals surface area contributed by atoms with Crippen molar-refractivity contribution < 1.29 is 0 Å². The molecular formula is C14H24N4S. The lowest BCUT2D eigenvalue weighted by molar-refractivity contribution is 0.472. The Morgan fingerprint density at radius 2 is 2.11 bits per heavy atom. The zero-order valence-corrected chi connectivity index (χ0v) is 12.9. The van der Waals surface area contributed by atoms with Gasteiger partial charge in [0.05, 0.1) is 0 Å². The predicted molar refractivity (Wildman–Crippen MR) is 84.1 cm³/mol. The number of aryl methyl sites for hydroxylation is 1. The molecule has 0 bridgehead atoms. The highest BCUT2D eigenvalue weighted by Gasteiger charge is 2.21. The highest BCUT2D eigenvalue weighted by atomic mass is 32.2. The Morgan fingerprint density at radius 3 is 2.84 bits per heavy atom. The van der Waals surface area contributed by atoms with Crippen LogP contribution in [0.5, 0.6) is 0 Å². The van der Waals surface area contributed by atoms with E-state index < -0.39 is 0 Å². The van der Waals surface area contributed by atoms with E-state index in [2.05, 4.69) is 33.8 Å². The van der Waals surface area contributed by atoms with Crippen LogP contribution in [0, 0.1) is 6.92 Å². The molecule has 1 saturated carbocycles. The van der Waals surface area contributed by atoms with Crippen LogP contribution < -0.4 is 10.6 Å². The molecule has 1 aromatic heterocycles. The van der Waals surface area contributed by atoms with Crippen molar-refractivity contribution in [1.82, 2.24) is 9.97 Å². The van der Waals surface area contributed by atoms with E-state index in [1.54, 1.807) is 0 Å². The molecule has 1 aliphatic rings. The number of aromatic nitrogens is 2. The Morgan fingerprint density at radius 1 is 1.32 bits per heavy atom. The molecule has 19 heavy (non-hydrogen) atoms. The van der Waals surface area contributed by atoms with E-state index in [0.717, 1.165) is 29.3 Å². The Kier molecular flexibility index (Phi) is 5.31. The Bertz CT molecular complexity index is 410. The van der Waals surface area contributed by atoms with Crippen LogP contribution >= 0.6 is 11.8 Å². The van der Waals surface area contributed by atoms with Gasteiger partial charge in [0.1, 0.15) is 17.5 Å². The molecule has 106 valence electrons. The van der Waals surface area contributed by atoms with Gasteiger partial charge >= 0.3 is 0 Å². The van der Waals surface area contributed by atoms with E-state index in [0.29, 0.717) is 6.04 Å². The SMILES string of the molecule is CCNc1cc(NC2CCCC(SC)C2)nc(C)n1. The normalized spacial score (nSPS) is 23.1. The molecule has 1 fully saturated rings. The first kappa shape index (κ1) is 14.4. The molecule has 2 rings (SSSR count). The van der Waals surface area contributed by atoms with Crippen molar-refractivity contribution in [2.75, 3.05) is 23.4 Å². The number of anilines is 2. The number of nitrogens with one attached hydrogen (secondary N) is 2. The Labute approximate surface area is 120 Å². The van der Waals surface area contributed by atoms with E-state index in [4.69, 9.17) is 0 Å². The minimum absolute atomic E-state index is 0.551. The van der Waals surface area contributed by atoms with E-state index in [9.17, 15) is 0 Å². The highest BCUT2D eigenvalue weighted by molar-refractivity contribution is 7.99. The van der Waals surface area contributed by atoms with Gasteiger partial charge in [0.25, 0.3) is 0 Å². The van der Waals surface area contributed by atoms with Crippen molar-refractivity contribution in [3.63, 3.8) is 0 Å². The molecule has 0 aromatic carbocycles. The number of hydrogen-bond acceptors (Lipinski definition) is 5. The van der Waals surface area contributed by atoms with Crippen LogP contribution in [0.25, 0.3) is 0 Å². The van der Waals surface area contributed by atoms with Crippen LogP contribution in [0.2, 0.25) is 0 Å². The van der Waals surface area contributed by atoms with Gasteiger partial charge in [-0.3, -0.25) is 0 Å². The van der Waals surface area contributed by atoms with Crippen molar-refractivity contribution in [3.05, 3.63) is 11.9 Å². The summed E-state index contributed by atoms with van der Waals surface area (Å²) in [4.78, 5) is 8.87. The van der Waals surface area contributed by atoms with Crippen molar-refractivity contribution in [3.8, 4) is 0 Å². The molecular weight excluding hydrogens is 256 g/mol. The van der Waals surface area contributed by atoms with Crippen LogP contribution in [-0.4, -0.2) is 34.1 Å². The number of hydrogen-bond donors (Lipinski definition) is 2. The molecule has 1 heterocycles. The lowest BCUT2D eigenvalue weighted by Gasteiger charge is -2.29. The lowest BCUT2D eigenvalue weighted by Crippen LogP contribution is -2.29. The van der Waals surface area contributed by atoms with Gasteiger partial charge in [-0.25, -0.2) is 9.97 Å². The van der Waals surface area contributed by atoms with Gasteiger partial charge in [-0.15, -0.1) is 0 Å². The highest BCUT2D eigenvalue weighted by Crippen LogP contribution is 2.28. The third-order valence-electron chi connectivity index (χ3n) is 3.51. The van der Waals surface area contributed by atoms with Crippen LogP contribution in [-0.2, 0) is 0 Å². The number of thioether (sulfide) groups is 1. The third-order valence-corrected chi connectivity index (χ3v) is 4.60. The fourth-order valence-corrected chi connectivity index (χ4v) is 3.44. The molecule has 0 amide bonds. The maximum atomic E-state index is 4.49. The molecule has 0 saturated heterocycles. The smallest absolute Gasteiger partial charge is 0.132 e. The summed E-state index contributed by atoms with van der Waals surface area (Å²) in [5.74, 6) is 2.68. The van der Waals surface area contributed by atoms with Crippen LogP contribution in [0.1, 0.15) is 38.4 Å². The zero-order valence-electron chi connectivity index (χ0n) is 12.1. The largest absolute Gasteiger partial charge is 0.370 e. The topological polar surface area (TPSA) is 49.8 Å². The summed E-state index contributed by atoms with van der Waals surface area (Å²) in [6.07, 6.45) is 7.36. The van der Waals surface area contributed by atoms with Gasteiger partial charge in [-0.1, -0.05) is 6.42 Å². The van der Waals surface area contributed by atoms with Gasteiger partial charge in [0, 0.05) is 23.9 Å². The zero-order chi connectivity index (χ0) is 13.7. The van der Waals surface area contributed by atoms with Crippen molar-refractivity contribution >= 4 is 23.4 Å². The summed E-state index contributed by atoms with van der Waals surface area (Å²) in [6.45, 7) is 4.90. The van der Waals surface area contributed by atoms with Gasteiger partial charge in [0.2, 0.25) is 0 Å². The van der Waals surface area contributed by atoms with Crippen LogP contribution in [0.4, 0.5) is 11.6 Å². The monoisotopic (exact) mass is 280 g/mol. The third kappa shape index (κ3) is 4.27. The average molecular weight is 280 g/mol. The molecule has 5 heteroatoms. The second-order valence-corrected chi connectivity index (χ2v) is 6.22. The minimum Gasteiger partial charge on any atom is -0.370 e. The second kappa shape index (κ2) is 6.98. The van der Waals surface area contributed by atoms with Gasteiger partial charge in [0.15, 0.2) is 0 Å². The maximum Gasteiger partial charge on any atom is 0.132 e. The van der Waals surface area contributed by atoms with Gasteiger partial charge < -0.3 is 10.6 Å². The van der Waals surface area contributed by atoms with E-state index >= 15 is 0 Å². The number of nitrogens with zero attached hydrogens (tertiary/aromatic N) is 2. The second-order valence-electron chi connectivity index (χ2n) is 5.08. The summed E-state index contributed by atoms with van der Waals surface area (Å²) in [5, 5.41) is 7.62. The maximum absolute atomic E-state index is 4.49. The first-order valence-corrected chi connectivity index (χ1v) is 8.39. The lowest BCUT2D eigenvalue weighted by atomic mass is 9.95. The van der Waals surface area contributed by atoms with Gasteiger partial charge in [-0.2, -0.15) is 11.8 Å². The number of rotatable bonds is 5. The molecule has 2 unspecified atom stereocenters. The Balaban J connectivity index is 2.01. The summed E-state index contributed by atoms with van der Waals surface area (Å²) in [5.41, 5.74) is 0. The fraction of sp³-hybridized carbons (Fsp3) is 0.714. The van der Waals surface area contributed by atoms with Crippen molar-refractivity contribution in [2.24, 2.45) is 0 Å². The van der Waals surface area contributed by atoms with Crippen LogP contribution in [0.15, 0.2) is 6.07 Å². The molecule has 0 radical (unpaired) electrons. The van der Waals surface area contributed by atoms with Crippen LogP contribution in [0.3, 0.4) is 0 Å². The molecule has 1 aliphatic carbocycles. The molecule has 2 N–H and O–H groups in total. The van der Waals surface area contributed by atoms with E-state index in [1.165, 1.54) is 25.7 Å². The first-order valence-electron chi connectivity index (χ1n) is 7.10. The quantitative estimate of drug-likeness (QED) is 0.866. The van der Waals surface area contributed by atoms with E-state index in [-0.39, 0.29) is 0 Å². The molecule has 0 spiro atoms. The average Bonchev–Trinajstić information content (AvgIpc) is 2.38. The van der Waals surface area contributed by atoms with Gasteiger partial charge in [-0.05, 0) is 39.4 Å².